The van der Waals surface area contributed by atoms with E-state index in [-0.39, 0.29) is 17.4 Å². The number of aromatic nitrogens is 2. The maximum absolute atomic E-state index is 13.0. The monoisotopic (exact) mass is 421 g/mol. The van der Waals surface area contributed by atoms with Gasteiger partial charge in [-0.1, -0.05) is 12.1 Å². The molecule has 1 saturated heterocycles. The molecule has 160 valence electrons. The summed E-state index contributed by atoms with van der Waals surface area (Å²) in [6.45, 7) is 5.90. The van der Waals surface area contributed by atoms with E-state index in [1.807, 2.05) is 9.80 Å². The molecule has 3 rings (SSSR count). The van der Waals surface area contributed by atoms with Gasteiger partial charge in [-0.25, -0.2) is 4.98 Å². The number of halogens is 3. The summed E-state index contributed by atoms with van der Waals surface area (Å²) in [4.78, 5) is 24.5. The van der Waals surface area contributed by atoms with Gasteiger partial charge in [0.1, 0.15) is 5.56 Å². The molecule has 1 amide bonds. The van der Waals surface area contributed by atoms with Crippen molar-refractivity contribution >= 4 is 17.5 Å². The van der Waals surface area contributed by atoms with Gasteiger partial charge in [-0.2, -0.15) is 18.2 Å². The van der Waals surface area contributed by atoms with Gasteiger partial charge in [0.15, 0.2) is 0 Å². The summed E-state index contributed by atoms with van der Waals surface area (Å²) in [6.07, 6.45) is -1.41. The van der Waals surface area contributed by atoms with Crippen molar-refractivity contribution in [2.75, 3.05) is 49.6 Å². The Labute approximate surface area is 172 Å². The lowest BCUT2D eigenvalue weighted by Crippen LogP contribution is -2.47. The maximum Gasteiger partial charge on any atom is 0.416 e. The Kier molecular flexibility index (Phi) is 6.43. The van der Waals surface area contributed by atoms with Crippen molar-refractivity contribution < 1.29 is 22.7 Å². The smallest absolute Gasteiger partial charge is 0.416 e. The first-order valence-corrected chi connectivity index (χ1v) is 9.30. The van der Waals surface area contributed by atoms with Crippen molar-refractivity contribution in [1.29, 1.82) is 0 Å². The quantitative estimate of drug-likeness (QED) is 0.724. The lowest BCUT2D eigenvalue weighted by atomic mass is 10.1. The number of anilines is 2. The summed E-state index contributed by atoms with van der Waals surface area (Å²) in [5, 5.41) is 2.64. The molecule has 0 saturated carbocycles. The van der Waals surface area contributed by atoms with E-state index in [0.29, 0.717) is 44.4 Å². The summed E-state index contributed by atoms with van der Waals surface area (Å²) in [5.41, 5.74) is 0.0729. The van der Waals surface area contributed by atoms with E-state index in [1.165, 1.54) is 19.4 Å². The minimum absolute atomic E-state index is 0.155. The van der Waals surface area contributed by atoms with E-state index in [0.717, 1.165) is 12.1 Å². The fourth-order valence-electron chi connectivity index (χ4n) is 3.12. The molecule has 30 heavy (non-hydrogen) atoms. The Morgan fingerprint density at radius 2 is 1.97 bits per heavy atom. The van der Waals surface area contributed by atoms with E-state index < -0.39 is 11.7 Å². The minimum atomic E-state index is -4.37. The third-order valence-electron chi connectivity index (χ3n) is 4.69. The molecule has 1 aliphatic heterocycles. The second-order valence-corrected chi connectivity index (χ2v) is 6.61. The summed E-state index contributed by atoms with van der Waals surface area (Å²) in [7, 11) is 1.42. The number of carbonyl (C=O) groups excluding carboxylic acids is 1. The highest BCUT2D eigenvalue weighted by atomic mass is 19.4. The van der Waals surface area contributed by atoms with Gasteiger partial charge in [0.25, 0.3) is 5.91 Å². The van der Waals surface area contributed by atoms with E-state index in [1.54, 1.807) is 12.1 Å². The van der Waals surface area contributed by atoms with Crippen molar-refractivity contribution in [3.05, 3.63) is 54.2 Å². The molecule has 0 radical (unpaired) electrons. The zero-order valence-corrected chi connectivity index (χ0v) is 16.4. The first-order valence-electron chi connectivity index (χ1n) is 9.30. The van der Waals surface area contributed by atoms with Crippen molar-refractivity contribution in [3.63, 3.8) is 0 Å². The van der Waals surface area contributed by atoms with Gasteiger partial charge in [0.2, 0.25) is 11.8 Å². The summed E-state index contributed by atoms with van der Waals surface area (Å²) >= 11 is 0. The number of carbonyl (C=O) groups is 1. The standard InChI is InChI=1S/C20H22F3N5O2/c1-3-7-24-17(29)16-13-25-19(26-18(16)30-2)28-10-8-27(9-11-28)15-6-4-5-14(12-15)20(21,22)23/h3-6,12-13H,1,7-11H2,2H3,(H,24,29). The number of ether oxygens (including phenoxy) is 1. The Morgan fingerprint density at radius 1 is 1.27 bits per heavy atom. The number of nitrogens with zero attached hydrogens (tertiary/aromatic N) is 4. The first-order chi connectivity index (χ1) is 14.3. The van der Waals surface area contributed by atoms with Crippen LogP contribution in [0.25, 0.3) is 0 Å². The summed E-state index contributed by atoms with van der Waals surface area (Å²) < 4.78 is 44.1. The average Bonchev–Trinajstić information content (AvgIpc) is 2.76. The molecule has 1 aromatic carbocycles. The third kappa shape index (κ3) is 4.81. The van der Waals surface area contributed by atoms with Crippen LogP contribution < -0.4 is 19.9 Å². The molecule has 10 heteroatoms. The zero-order chi connectivity index (χ0) is 21.7. The summed E-state index contributed by atoms with van der Waals surface area (Å²) in [6, 6.07) is 5.30. The van der Waals surface area contributed by atoms with Crippen LogP contribution in [0.15, 0.2) is 43.1 Å². The molecular formula is C20H22F3N5O2. The molecule has 7 nitrogen and oxygen atoms in total. The van der Waals surface area contributed by atoms with Gasteiger partial charge in [-0.3, -0.25) is 4.79 Å². The van der Waals surface area contributed by atoms with Crippen LogP contribution in [0.3, 0.4) is 0 Å². The molecule has 2 aromatic rings. The first kappa shape index (κ1) is 21.4. The number of rotatable bonds is 6. The number of nitrogens with one attached hydrogen (secondary N) is 1. The van der Waals surface area contributed by atoms with Gasteiger partial charge in [-0.05, 0) is 18.2 Å². The highest BCUT2D eigenvalue weighted by Gasteiger charge is 2.31. The van der Waals surface area contributed by atoms with Crippen molar-refractivity contribution in [2.45, 2.75) is 6.18 Å². The second-order valence-electron chi connectivity index (χ2n) is 6.61. The van der Waals surface area contributed by atoms with Gasteiger partial charge in [0, 0.05) is 44.6 Å². The largest absolute Gasteiger partial charge is 0.480 e. The highest BCUT2D eigenvalue weighted by molar-refractivity contribution is 5.96. The number of methoxy groups -OCH3 is 1. The molecule has 1 N–H and O–H groups in total. The van der Waals surface area contributed by atoms with Crippen molar-refractivity contribution in [2.24, 2.45) is 0 Å². The van der Waals surface area contributed by atoms with Crippen LogP contribution in [0.5, 0.6) is 5.88 Å². The van der Waals surface area contributed by atoms with Crippen LogP contribution >= 0.6 is 0 Å². The van der Waals surface area contributed by atoms with Crippen LogP contribution in [0.1, 0.15) is 15.9 Å². The van der Waals surface area contributed by atoms with Crippen LogP contribution in [-0.2, 0) is 6.18 Å². The molecule has 1 fully saturated rings. The Morgan fingerprint density at radius 3 is 2.60 bits per heavy atom. The third-order valence-corrected chi connectivity index (χ3v) is 4.69. The lowest BCUT2D eigenvalue weighted by molar-refractivity contribution is -0.137. The second kappa shape index (κ2) is 9.02. The number of hydrogen-bond acceptors (Lipinski definition) is 6. The van der Waals surface area contributed by atoms with Crippen LogP contribution in [0.4, 0.5) is 24.8 Å². The van der Waals surface area contributed by atoms with Gasteiger partial charge in [-0.15, -0.1) is 6.58 Å². The zero-order valence-electron chi connectivity index (χ0n) is 16.4. The fourth-order valence-corrected chi connectivity index (χ4v) is 3.12. The molecule has 2 heterocycles. The van der Waals surface area contributed by atoms with Gasteiger partial charge < -0.3 is 19.9 Å². The van der Waals surface area contributed by atoms with E-state index in [4.69, 9.17) is 4.74 Å². The van der Waals surface area contributed by atoms with E-state index in [2.05, 4.69) is 21.9 Å². The Balaban J connectivity index is 1.69. The lowest BCUT2D eigenvalue weighted by Gasteiger charge is -2.36. The maximum atomic E-state index is 13.0. The van der Waals surface area contributed by atoms with Crippen LogP contribution in [-0.4, -0.2) is 55.7 Å². The molecule has 0 atom stereocenters. The molecular weight excluding hydrogens is 399 g/mol. The SMILES string of the molecule is C=CCNC(=O)c1cnc(N2CCN(c3cccc(C(F)(F)F)c3)CC2)nc1OC. The summed E-state index contributed by atoms with van der Waals surface area (Å²) in [5.74, 6) is 0.186. The van der Waals surface area contributed by atoms with Crippen LogP contribution in [0, 0.1) is 0 Å². The molecule has 1 aliphatic rings. The number of piperazine rings is 1. The van der Waals surface area contributed by atoms with E-state index in [9.17, 15) is 18.0 Å². The average molecular weight is 421 g/mol. The molecule has 1 aromatic heterocycles. The van der Waals surface area contributed by atoms with Crippen molar-refractivity contribution in [3.8, 4) is 5.88 Å². The Hall–Kier alpha value is -3.30. The van der Waals surface area contributed by atoms with Crippen LogP contribution in [0.2, 0.25) is 0 Å². The number of benzene rings is 1. The fraction of sp³-hybridized carbons (Fsp3) is 0.350. The van der Waals surface area contributed by atoms with Gasteiger partial charge >= 0.3 is 6.18 Å². The normalized spacial score (nSPS) is 14.4. The van der Waals surface area contributed by atoms with Crippen molar-refractivity contribution in [1.82, 2.24) is 15.3 Å². The minimum Gasteiger partial charge on any atom is -0.480 e. The molecule has 0 spiro atoms. The molecule has 0 aliphatic carbocycles. The predicted octanol–water partition coefficient (Wildman–Crippen LogP) is 2.75. The highest BCUT2D eigenvalue weighted by Crippen LogP contribution is 2.32. The predicted molar refractivity (Wildman–Crippen MR) is 107 cm³/mol. The number of hydrogen-bond donors (Lipinski definition) is 1. The number of alkyl halides is 3. The molecule has 0 bridgehead atoms. The number of amides is 1. The van der Waals surface area contributed by atoms with E-state index >= 15 is 0 Å². The van der Waals surface area contributed by atoms with Gasteiger partial charge in [0.05, 0.1) is 12.7 Å². The topological polar surface area (TPSA) is 70.6 Å². The molecule has 0 unspecified atom stereocenters. The Bertz CT molecular complexity index is 912.